The van der Waals surface area contributed by atoms with Gasteiger partial charge in [0.1, 0.15) is 5.78 Å². The Bertz CT molecular complexity index is 651. The van der Waals surface area contributed by atoms with Gasteiger partial charge >= 0.3 is 0 Å². The van der Waals surface area contributed by atoms with Gasteiger partial charge < -0.3 is 4.52 Å². The average Bonchev–Trinajstić information content (AvgIpc) is 2.88. The van der Waals surface area contributed by atoms with E-state index in [9.17, 15) is 4.79 Å². The van der Waals surface area contributed by atoms with E-state index < -0.39 is 0 Å². The Hall–Kier alpha value is -1.49. The minimum absolute atomic E-state index is 0.214. The fourth-order valence-electron chi connectivity index (χ4n) is 2.53. The summed E-state index contributed by atoms with van der Waals surface area (Å²) >= 11 is 3.51. The smallest absolute Gasteiger partial charge is 0.237 e. The number of aryl methyl sites for hydroxylation is 1. The topological polar surface area (TPSA) is 56.0 Å². The molecule has 0 radical (unpaired) electrons. The monoisotopic (exact) mass is 334 g/mol. The molecule has 1 aliphatic carbocycles. The van der Waals surface area contributed by atoms with Crippen LogP contribution >= 0.6 is 15.9 Å². The zero-order valence-corrected chi connectivity index (χ0v) is 12.8. The van der Waals surface area contributed by atoms with E-state index in [0.717, 1.165) is 34.9 Å². The van der Waals surface area contributed by atoms with Crippen LogP contribution in [-0.2, 0) is 4.79 Å². The maximum absolute atomic E-state index is 11.9. The summed E-state index contributed by atoms with van der Waals surface area (Å²) in [5.41, 5.74) is 2.04. The number of rotatable bonds is 2. The number of hydrogen-bond acceptors (Lipinski definition) is 4. The van der Waals surface area contributed by atoms with E-state index in [1.165, 1.54) is 0 Å². The second-order valence-electron chi connectivity index (χ2n) is 5.20. The number of nitrogens with zero attached hydrogens (tertiary/aromatic N) is 2. The molecule has 1 saturated carbocycles. The van der Waals surface area contributed by atoms with Crippen molar-refractivity contribution in [1.82, 2.24) is 10.1 Å². The Kier molecular flexibility index (Phi) is 3.70. The minimum atomic E-state index is -0.214. The van der Waals surface area contributed by atoms with E-state index >= 15 is 0 Å². The quantitative estimate of drug-likeness (QED) is 0.831. The van der Waals surface area contributed by atoms with Crippen molar-refractivity contribution >= 4 is 21.7 Å². The maximum Gasteiger partial charge on any atom is 0.237 e. The lowest BCUT2D eigenvalue weighted by Crippen LogP contribution is -2.17. The first-order chi connectivity index (χ1) is 9.65. The normalized spacial score (nSPS) is 19.3. The van der Waals surface area contributed by atoms with Gasteiger partial charge in [0.15, 0.2) is 0 Å². The van der Waals surface area contributed by atoms with E-state index in [1.807, 2.05) is 25.1 Å². The number of benzene rings is 1. The second-order valence-corrected chi connectivity index (χ2v) is 6.06. The highest BCUT2D eigenvalue weighted by atomic mass is 79.9. The van der Waals surface area contributed by atoms with Crippen LogP contribution in [0.25, 0.3) is 11.4 Å². The molecule has 104 valence electrons. The highest BCUT2D eigenvalue weighted by Crippen LogP contribution is 2.32. The van der Waals surface area contributed by atoms with Crippen LogP contribution in [0.5, 0.6) is 0 Å². The van der Waals surface area contributed by atoms with E-state index in [1.54, 1.807) is 0 Å². The maximum atomic E-state index is 11.9. The van der Waals surface area contributed by atoms with E-state index in [4.69, 9.17) is 4.52 Å². The number of aromatic nitrogens is 2. The standard InChI is InChI=1S/C15H15BrN2O2/c1-9-6-7-10(12(16)8-9)14-17-15(20-18-14)11-4-2-3-5-13(11)19/h6-8,11H,2-5H2,1H3. The lowest BCUT2D eigenvalue weighted by molar-refractivity contribution is -0.122. The molecule has 1 aromatic carbocycles. The van der Waals surface area contributed by atoms with Crippen LogP contribution in [-0.4, -0.2) is 15.9 Å². The van der Waals surface area contributed by atoms with Crippen LogP contribution in [0, 0.1) is 6.92 Å². The molecule has 0 N–H and O–H groups in total. The van der Waals surface area contributed by atoms with Crippen LogP contribution in [0.4, 0.5) is 0 Å². The molecule has 2 aromatic rings. The van der Waals surface area contributed by atoms with Crippen molar-refractivity contribution in [3.05, 3.63) is 34.1 Å². The molecular weight excluding hydrogens is 320 g/mol. The molecule has 0 aliphatic heterocycles. The third kappa shape index (κ3) is 2.54. The van der Waals surface area contributed by atoms with Crippen molar-refractivity contribution in [1.29, 1.82) is 0 Å². The van der Waals surface area contributed by atoms with Crippen LogP contribution in [0.2, 0.25) is 0 Å². The Morgan fingerprint density at radius 2 is 2.20 bits per heavy atom. The molecule has 20 heavy (non-hydrogen) atoms. The fourth-order valence-corrected chi connectivity index (χ4v) is 3.20. The van der Waals surface area contributed by atoms with E-state index in [-0.39, 0.29) is 11.7 Å². The second kappa shape index (κ2) is 5.48. The summed E-state index contributed by atoms with van der Waals surface area (Å²) < 4.78 is 6.24. The van der Waals surface area contributed by atoms with Crippen LogP contribution in [0.1, 0.15) is 43.1 Å². The molecule has 4 nitrogen and oxygen atoms in total. The molecule has 1 aromatic heterocycles. The number of carbonyl (C=O) groups excluding carboxylic acids is 1. The summed E-state index contributed by atoms with van der Waals surface area (Å²) in [5, 5.41) is 4.02. The summed E-state index contributed by atoms with van der Waals surface area (Å²) in [6.07, 6.45) is 3.45. The van der Waals surface area contributed by atoms with Crippen molar-refractivity contribution in [3.63, 3.8) is 0 Å². The van der Waals surface area contributed by atoms with Crippen molar-refractivity contribution in [2.75, 3.05) is 0 Å². The van der Waals surface area contributed by atoms with E-state index in [2.05, 4.69) is 26.1 Å². The molecule has 1 fully saturated rings. The van der Waals surface area contributed by atoms with Gasteiger partial charge in [0.25, 0.3) is 0 Å². The Labute approximate surface area is 125 Å². The average molecular weight is 335 g/mol. The van der Waals surface area contributed by atoms with Gasteiger partial charge in [-0.05, 0) is 37.5 Å². The van der Waals surface area contributed by atoms with Gasteiger partial charge in [-0.3, -0.25) is 4.79 Å². The Morgan fingerprint density at radius 3 is 2.95 bits per heavy atom. The predicted octanol–water partition coefficient (Wildman–Crippen LogP) is 4.03. The largest absolute Gasteiger partial charge is 0.338 e. The predicted molar refractivity (Wildman–Crippen MR) is 78.4 cm³/mol. The lowest BCUT2D eigenvalue weighted by Gasteiger charge is -2.16. The SMILES string of the molecule is Cc1ccc(-c2noc(C3CCCCC3=O)n2)c(Br)c1. The lowest BCUT2D eigenvalue weighted by atomic mass is 9.88. The van der Waals surface area contributed by atoms with Gasteiger partial charge in [-0.2, -0.15) is 4.98 Å². The zero-order valence-electron chi connectivity index (χ0n) is 11.2. The van der Waals surface area contributed by atoms with Gasteiger partial charge in [-0.15, -0.1) is 0 Å². The molecule has 1 heterocycles. The number of carbonyl (C=O) groups is 1. The first kappa shape index (κ1) is 13.5. The molecule has 1 atom stereocenters. The van der Waals surface area contributed by atoms with Gasteiger partial charge in [0.2, 0.25) is 11.7 Å². The number of hydrogen-bond donors (Lipinski definition) is 0. The number of ketones is 1. The molecule has 0 spiro atoms. The molecule has 3 rings (SSSR count). The van der Waals surface area contributed by atoms with Crippen LogP contribution in [0.15, 0.2) is 27.2 Å². The highest BCUT2D eigenvalue weighted by Gasteiger charge is 2.29. The number of Topliss-reactive ketones (excluding diaryl/α,β-unsaturated/α-hetero) is 1. The van der Waals surface area contributed by atoms with Crippen LogP contribution < -0.4 is 0 Å². The Balaban J connectivity index is 1.91. The van der Waals surface area contributed by atoms with Crippen molar-refractivity contribution in [2.45, 2.75) is 38.5 Å². The van der Waals surface area contributed by atoms with Gasteiger partial charge in [-0.25, -0.2) is 0 Å². The summed E-state index contributed by atoms with van der Waals surface area (Å²) in [5.74, 6) is 0.992. The summed E-state index contributed by atoms with van der Waals surface area (Å²) in [6, 6.07) is 5.97. The molecule has 0 amide bonds. The van der Waals surface area contributed by atoms with Crippen molar-refractivity contribution < 1.29 is 9.32 Å². The first-order valence-electron chi connectivity index (χ1n) is 6.78. The fraction of sp³-hybridized carbons (Fsp3) is 0.400. The van der Waals surface area contributed by atoms with E-state index in [0.29, 0.717) is 18.1 Å². The molecule has 0 bridgehead atoms. The summed E-state index contributed by atoms with van der Waals surface area (Å²) in [4.78, 5) is 16.3. The molecular formula is C15H15BrN2O2. The molecule has 1 unspecified atom stereocenters. The zero-order chi connectivity index (χ0) is 14.1. The van der Waals surface area contributed by atoms with Gasteiger partial charge in [-0.1, -0.05) is 33.6 Å². The van der Waals surface area contributed by atoms with Crippen molar-refractivity contribution in [3.8, 4) is 11.4 Å². The summed E-state index contributed by atoms with van der Waals surface area (Å²) in [7, 11) is 0. The molecule has 1 aliphatic rings. The van der Waals surface area contributed by atoms with Gasteiger partial charge in [0, 0.05) is 16.5 Å². The Morgan fingerprint density at radius 1 is 1.35 bits per heavy atom. The van der Waals surface area contributed by atoms with Gasteiger partial charge in [0.05, 0.1) is 5.92 Å². The number of halogens is 1. The summed E-state index contributed by atoms with van der Waals surface area (Å²) in [6.45, 7) is 2.02. The van der Waals surface area contributed by atoms with Crippen molar-refractivity contribution in [2.24, 2.45) is 0 Å². The third-order valence-electron chi connectivity index (χ3n) is 3.66. The minimum Gasteiger partial charge on any atom is -0.338 e. The first-order valence-corrected chi connectivity index (χ1v) is 7.57. The molecule has 0 saturated heterocycles. The third-order valence-corrected chi connectivity index (χ3v) is 4.32. The highest BCUT2D eigenvalue weighted by molar-refractivity contribution is 9.10. The van der Waals surface area contributed by atoms with Crippen LogP contribution in [0.3, 0.4) is 0 Å². The molecule has 5 heteroatoms.